The third kappa shape index (κ3) is 5.69. The van der Waals surface area contributed by atoms with Crippen molar-refractivity contribution in [2.45, 2.75) is 6.42 Å². The van der Waals surface area contributed by atoms with Gasteiger partial charge in [-0.1, -0.05) is 0 Å². The Kier molecular flexibility index (Phi) is 7.11. The van der Waals surface area contributed by atoms with E-state index in [1.54, 1.807) is 18.1 Å². The molecule has 2 N–H and O–H groups in total. The lowest BCUT2D eigenvalue weighted by Gasteiger charge is -2.23. The lowest BCUT2D eigenvalue weighted by molar-refractivity contribution is 0.0689. The lowest BCUT2D eigenvalue weighted by atomic mass is 10.1. The first kappa shape index (κ1) is 17.4. The molecular weight excluding hydrogens is 273 g/mol. The number of nitrogen functional groups attached to an aromatic ring is 1. The summed E-state index contributed by atoms with van der Waals surface area (Å²) in [4.78, 5) is 16.2. The third-order valence-corrected chi connectivity index (χ3v) is 3.13. The fraction of sp³-hybridized carbons (Fsp3) is 0.533. The molecule has 1 aromatic carbocycles. The molecule has 118 valence electrons. The quantitative estimate of drug-likeness (QED) is 0.738. The van der Waals surface area contributed by atoms with Gasteiger partial charge in [-0.05, 0) is 45.3 Å². The van der Waals surface area contributed by atoms with Crippen LogP contribution in [0.3, 0.4) is 0 Å². The van der Waals surface area contributed by atoms with E-state index < -0.39 is 5.82 Å². The summed E-state index contributed by atoms with van der Waals surface area (Å²) in [5.41, 5.74) is 5.79. The summed E-state index contributed by atoms with van der Waals surface area (Å²) >= 11 is 0. The maximum absolute atomic E-state index is 13.5. The van der Waals surface area contributed by atoms with Crippen molar-refractivity contribution in [3.05, 3.63) is 29.6 Å². The Morgan fingerprint density at radius 2 is 2.00 bits per heavy atom. The minimum atomic E-state index is -0.569. The van der Waals surface area contributed by atoms with E-state index in [4.69, 9.17) is 10.5 Å². The van der Waals surface area contributed by atoms with Crippen LogP contribution in [0.25, 0.3) is 0 Å². The smallest absolute Gasteiger partial charge is 0.254 e. The van der Waals surface area contributed by atoms with Crippen molar-refractivity contribution in [3.8, 4) is 0 Å². The molecule has 0 bridgehead atoms. The van der Waals surface area contributed by atoms with Gasteiger partial charge in [0, 0.05) is 25.8 Å². The molecule has 6 heteroatoms. The molecule has 0 fully saturated rings. The zero-order valence-electron chi connectivity index (χ0n) is 12.9. The summed E-state index contributed by atoms with van der Waals surface area (Å²) in [5, 5.41) is 0. The Labute approximate surface area is 125 Å². The van der Waals surface area contributed by atoms with Gasteiger partial charge in [-0.2, -0.15) is 0 Å². The first-order valence-electron chi connectivity index (χ1n) is 6.93. The van der Waals surface area contributed by atoms with E-state index in [0.717, 1.165) is 13.0 Å². The van der Waals surface area contributed by atoms with Crippen molar-refractivity contribution in [2.24, 2.45) is 0 Å². The fourth-order valence-electron chi connectivity index (χ4n) is 1.94. The first-order valence-corrected chi connectivity index (χ1v) is 6.93. The number of methoxy groups -OCH3 is 1. The fourth-order valence-corrected chi connectivity index (χ4v) is 1.94. The molecule has 0 heterocycles. The Morgan fingerprint density at radius 1 is 1.29 bits per heavy atom. The zero-order chi connectivity index (χ0) is 15.8. The van der Waals surface area contributed by atoms with Gasteiger partial charge in [0.15, 0.2) is 0 Å². The highest BCUT2D eigenvalue weighted by Crippen LogP contribution is 2.14. The molecule has 0 spiro atoms. The predicted molar refractivity (Wildman–Crippen MR) is 81.8 cm³/mol. The predicted octanol–water partition coefficient (Wildman–Crippen LogP) is 1.45. The molecule has 0 aromatic heterocycles. The van der Waals surface area contributed by atoms with Crippen LogP contribution >= 0.6 is 0 Å². The first-order chi connectivity index (χ1) is 9.95. The Bertz CT molecular complexity index is 466. The maximum atomic E-state index is 13.5. The summed E-state index contributed by atoms with van der Waals surface area (Å²) in [6.07, 6.45) is 0.847. The van der Waals surface area contributed by atoms with Crippen LogP contribution in [0.15, 0.2) is 18.2 Å². The molecule has 0 radical (unpaired) electrons. The number of nitrogens with two attached hydrogens (primary N) is 1. The molecule has 0 aliphatic heterocycles. The van der Waals surface area contributed by atoms with Crippen LogP contribution in [0, 0.1) is 5.82 Å². The summed E-state index contributed by atoms with van der Waals surface area (Å²) in [7, 11) is 5.55. The van der Waals surface area contributed by atoms with Gasteiger partial charge in [0.2, 0.25) is 0 Å². The van der Waals surface area contributed by atoms with Crippen molar-refractivity contribution in [2.75, 3.05) is 53.2 Å². The summed E-state index contributed by atoms with van der Waals surface area (Å²) in [6, 6.07) is 4.15. The van der Waals surface area contributed by atoms with Gasteiger partial charge in [0.05, 0.1) is 12.3 Å². The largest absolute Gasteiger partial charge is 0.396 e. The molecule has 0 saturated carbocycles. The van der Waals surface area contributed by atoms with Crippen LogP contribution in [-0.4, -0.2) is 63.2 Å². The molecule has 0 aliphatic carbocycles. The molecule has 5 nitrogen and oxygen atoms in total. The number of hydrogen-bond acceptors (Lipinski definition) is 4. The van der Waals surface area contributed by atoms with Crippen LogP contribution in [0.5, 0.6) is 0 Å². The van der Waals surface area contributed by atoms with E-state index in [2.05, 4.69) is 4.90 Å². The van der Waals surface area contributed by atoms with E-state index in [1.807, 2.05) is 14.1 Å². The molecule has 0 saturated heterocycles. The van der Waals surface area contributed by atoms with Gasteiger partial charge < -0.3 is 20.3 Å². The van der Waals surface area contributed by atoms with E-state index in [1.165, 1.54) is 12.1 Å². The minimum Gasteiger partial charge on any atom is -0.396 e. The lowest BCUT2D eigenvalue weighted by Crippen LogP contribution is -2.36. The summed E-state index contributed by atoms with van der Waals surface area (Å²) in [5.74, 6) is -0.773. The van der Waals surface area contributed by atoms with Crippen molar-refractivity contribution in [3.63, 3.8) is 0 Å². The van der Waals surface area contributed by atoms with Crippen LogP contribution in [-0.2, 0) is 4.74 Å². The van der Waals surface area contributed by atoms with Crippen molar-refractivity contribution in [1.29, 1.82) is 0 Å². The number of ether oxygens (including phenoxy) is 1. The maximum Gasteiger partial charge on any atom is 0.254 e. The number of nitrogens with zero attached hydrogens (tertiary/aromatic N) is 2. The second-order valence-electron chi connectivity index (χ2n) is 5.18. The average Bonchev–Trinajstić information content (AvgIpc) is 2.44. The average molecular weight is 297 g/mol. The third-order valence-electron chi connectivity index (χ3n) is 3.13. The molecule has 0 aliphatic rings. The molecule has 1 aromatic rings. The molecule has 0 atom stereocenters. The van der Waals surface area contributed by atoms with Crippen LogP contribution in [0.2, 0.25) is 0 Å². The van der Waals surface area contributed by atoms with Gasteiger partial charge in [0.25, 0.3) is 5.91 Å². The van der Waals surface area contributed by atoms with Gasteiger partial charge in [-0.3, -0.25) is 4.79 Å². The number of anilines is 1. The number of rotatable bonds is 8. The summed E-state index contributed by atoms with van der Waals surface area (Å²) < 4.78 is 18.5. The van der Waals surface area contributed by atoms with E-state index in [0.29, 0.717) is 25.3 Å². The molecule has 21 heavy (non-hydrogen) atoms. The van der Waals surface area contributed by atoms with Crippen LogP contribution < -0.4 is 5.73 Å². The second-order valence-corrected chi connectivity index (χ2v) is 5.18. The number of amides is 1. The SMILES string of the molecule is COCCN(CCCN(C)C)C(=O)c1ccc(N)c(F)c1. The monoisotopic (exact) mass is 297 g/mol. The van der Waals surface area contributed by atoms with Crippen molar-refractivity contribution >= 4 is 11.6 Å². The molecule has 1 rings (SSSR count). The standard InChI is InChI=1S/C15H24FN3O2/c1-18(2)7-4-8-19(9-10-21-3)15(20)12-5-6-14(17)13(16)11-12/h5-6,11H,4,7-10,17H2,1-3H3. The number of benzene rings is 1. The highest BCUT2D eigenvalue weighted by Gasteiger charge is 2.16. The van der Waals surface area contributed by atoms with Gasteiger partial charge in [-0.25, -0.2) is 4.39 Å². The van der Waals surface area contributed by atoms with Crippen molar-refractivity contribution in [1.82, 2.24) is 9.80 Å². The second kappa shape index (κ2) is 8.59. The Hall–Kier alpha value is -1.66. The van der Waals surface area contributed by atoms with E-state index in [9.17, 15) is 9.18 Å². The molecular formula is C15H24FN3O2. The number of carbonyl (C=O) groups is 1. The normalized spacial score (nSPS) is 10.9. The topological polar surface area (TPSA) is 58.8 Å². The Balaban J connectivity index is 2.75. The van der Waals surface area contributed by atoms with Gasteiger partial charge >= 0.3 is 0 Å². The van der Waals surface area contributed by atoms with Crippen LogP contribution in [0.1, 0.15) is 16.8 Å². The van der Waals surface area contributed by atoms with Gasteiger partial charge in [0.1, 0.15) is 5.82 Å². The van der Waals surface area contributed by atoms with E-state index in [-0.39, 0.29) is 11.6 Å². The highest BCUT2D eigenvalue weighted by atomic mass is 19.1. The van der Waals surface area contributed by atoms with E-state index >= 15 is 0 Å². The van der Waals surface area contributed by atoms with Crippen LogP contribution in [0.4, 0.5) is 10.1 Å². The number of hydrogen-bond donors (Lipinski definition) is 1. The minimum absolute atomic E-state index is 0.0441. The summed E-state index contributed by atoms with van der Waals surface area (Å²) in [6.45, 7) is 2.42. The van der Waals surface area contributed by atoms with Gasteiger partial charge in [-0.15, -0.1) is 0 Å². The van der Waals surface area contributed by atoms with Crippen molar-refractivity contribution < 1.29 is 13.9 Å². The number of halogens is 1. The molecule has 0 unspecified atom stereocenters. The zero-order valence-corrected chi connectivity index (χ0v) is 12.9. The highest BCUT2D eigenvalue weighted by molar-refractivity contribution is 5.94. The number of carbonyl (C=O) groups excluding carboxylic acids is 1. The molecule has 1 amide bonds. The Morgan fingerprint density at radius 3 is 2.57 bits per heavy atom.